The SMILES string of the molecule is O=Cc1ccc(OCCCCc2ccc3c(c2)CCc2ccccc2-3)c(C=O)c1. The fraction of sp³-hybridized carbons (Fsp3) is 0.231. The number of hydrogen-bond acceptors (Lipinski definition) is 3. The van der Waals surface area contributed by atoms with Crippen molar-refractivity contribution in [3.63, 3.8) is 0 Å². The van der Waals surface area contributed by atoms with Crippen molar-refractivity contribution < 1.29 is 14.3 Å². The number of unbranched alkanes of at least 4 members (excludes halogenated alkanes) is 1. The molecule has 3 nitrogen and oxygen atoms in total. The van der Waals surface area contributed by atoms with Crippen molar-refractivity contribution in [3.05, 3.63) is 88.5 Å². The highest BCUT2D eigenvalue weighted by Crippen LogP contribution is 2.34. The molecular formula is C26H24O3. The van der Waals surface area contributed by atoms with Gasteiger partial charge in [-0.15, -0.1) is 0 Å². The Morgan fingerprint density at radius 2 is 1.62 bits per heavy atom. The van der Waals surface area contributed by atoms with Crippen LogP contribution in [0.25, 0.3) is 11.1 Å². The zero-order valence-corrected chi connectivity index (χ0v) is 16.4. The standard InChI is InChI=1S/C26H24O3/c27-17-20-9-13-26(23(16-20)18-28)29-14-4-3-5-19-8-12-25-22(15-19)11-10-21-6-1-2-7-24(21)25/h1-2,6-9,12-13,15-18H,3-5,10-11,14H2. The Hall–Kier alpha value is -3.20. The highest BCUT2D eigenvalue weighted by molar-refractivity contribution is 5.84. The zero-order chi connectivity index (χ0) is 20.1. The van der Waals surface area contributed by atoms with E-state index in [9.17, 15) is 9.59 Å². The van der Waals surface area contributed by atoms with Crippen molar-refractivity contribution >= 4 is 12.6 Å². The molecule has 0 fully saturated rings. The fourth-order valence-electron chi connectivity index (χ4n) is 4.02. The number of hydrogen-bond donors (Lipinski definition) is 0. The maximum atomic E-state index is 11.2. The Labute approximate surface area is 171 Å². The van der Waals surface area contributed by atoms with Crippen molar-refractivity contribution in [1.29, 1.82) is 0 Å². The third-order valence-electron chi connectivity index (χ3n) is 5.56. The van der Waals surface area contributed by atoms with Gasteiger partial charge in [-0.25, -0.2) is 0 Å². The molecule has 146 valence electrons. The normalized spacial score (nSPS) is 12.0. The molecule has 0 atom stereocenters. The molecular weight excluding hydrogens is 360 g/mol. The number of fused-ring (bicyclic) bond motifs is 3. The Kier molecular flexibility index (Phi) is 5.85. The van der Waals surface area contributed by atoms with Gasteiger partial charge in [-0.1, -0.05) is 42.5 Å². The van der Waals surface area contributed by atoms with Crippen LogP contribution < -0.4 is 4.74 Å². The molecule has 0 bridgehead atoms. The van der Waals surface area contributed by atoms with Crippen LogP contribution in [-0.4, -0.2) is 19.2 Å². The van der Waals surface area contributed by atoms with E-state index in [2.05, 4.69) is 42.5 Å². The summed E-state index contributed by atoms with van der Waals surface area (Å²) in [6.45, 7) is 0.555. The third kappa shape index (κ3) is 4.29. The van der Waals surface area contributed by atoms with E-state index in [1.165, 1.54) is 27.8 Å². The van der Waals surface area contributed by atoms with Crippen LogP contribution >= 0.6 is 0 Å². The van der Waals surface area contributed by atoms with Crippen LogP contribution in [0.15, 0.2) is 60.7 Å². The predicted octanol–water partition coefficient (Wildman–Crippen LogP) is 5.48. The minimum atomic E-state index is 0.421. The van der Waals surface area contributed by atoms with E-state index in [0.29, 0.717) is 23.5 Å². The topological polar surface area (TPSA) is 43.4 Å². The molecule has 3 aromatic carbocycles. The van der Waals surface area contributed by atoms with Crippen LogP contribution in [0.2, 0.25) is 0 Å². The first-order valence-electron chi connectivity index (χ1n) is 10.2. The average Bonchev–Trinajstić information content (AvgIpc) is 2.78. The summed E-state index contributed by atoms with van der Waals surface area (Å²) in [5.41, 5.74) is 7.91. The van der Waals surface area contributed by atoms with Gasteiger partial charge in [-0.2, -0.15) is 0 Å². The second-order valence-corrected chi connectivity index (χ2v) is 7.49. The van der Waals surface area contributed by atoms with Crippen LogP contribution in [0.1, 0.15) is 50.2 Å². The fourth-order valence-corrected chi connectivity index (χ4v) is 4.02. The largest absolute Gasteiger partial charge is 0.493 e. The molecule has 3 aromatic rings. The van der Waals surface area contributed by atoms with E-state index in [0.717, 1.165) is 44.7 Å². The van der Waals surface area contributed by atoms with Crippen LogP contribution in [0.3, 0.4) is 0 Å². The Morgan fingerprint density at radius 3 is 2.48 bits per heavy atom. The van der Waals surface area contributed by atoms with Crippen molar-refractivity contribution in [3.8, 4) is 16.9 Å². The lowest BCUT2D eigenvalue weighted by molar-refractivity contribution is 0.111. The van der Waals surface area contributed by atoms with Crippen LogP contribution in [0.5, 0.6) is 5.75 Å². The van der Waals surface area contributed by atoms with Gasteiger partial charge in [0.05, 0.1) is 12.2 Å². The first-order valence-corrected chi connectivity index (χ1v) is 10.2. The first kappa shape index (κ1) is 19.1. The molecule has 0 saturated heterocycles. The highest BCUT2D eigenvalue weighted by atomic mass is 16.5. The molecule has 29 heavy (non-hydrogen) atoms. The van der Waals surface area contributed by atoms with E-state index < -0.39 is 0 Å². The lowest BCUT2D eigenvalue weighted by atomic mass is 9.84. The molecule has 0 amide bonds. The number of ether oxygens (including phenoxy) is 1. The van der Waals surface area contributed by atoms with E-state index in [4.69, 9.17) is 4.74 Å². The summed E-state index contributed by atoms with van der Waals surface area (Å²) in [6.07, 6.45) is 6.63. The molecule has 0 aromatic heterocycles. The summed E-state index contributed by atoms with van der Waals surface area (Å²) >= 11 is 0. The maximum absolute atomic E-state index is 11.2. The summed E-state index contributed by atoms with van der Waals surface area (Å²) in [6, 6.07) is 20.5. The van der Waals surface area contributed by atoms with E-state index in [-0.39, 0.29) is 0 Å². The van der Waals surface area contributed by atoms with Gasteiger partial charge in [-0.05, 0) is 78.1 Å². The average molecular weight is 384 g/mol. The van der Waals surface area contributed by atoms with Gasteiger partial charge in [0.25, 0.3) is 0 Å². The molecule has 1 aliphatic rings. The Balaban J connectivity index is 1.31. The molecule has 0 radical (unpaired) electrons. The molecule has 0 heterocycles. The number of aryl methyl sites for hydroxylation is 3. The number of carbonyl (C=O) groups is 2. The Bertz CT molecular complexity index is 1040. The highest BCUT2D eigenvalue weighted by Gasteiger charge is 2.15. The second-order valence-electron chi connectivity index (χ2n) is 7.49. The minimum absolute atomic E-state index is 0.421. The molecule has 3 heteroatoms. The van der Waals surface area contributed by atoms with Gasteiger partial charge >= 0.3 is 0 Å². The molecule has 0 N–H and O–H groups in total. The third-order valence-corrected chi connectivity index (χ3v) is 5.56. The number of aldehydes is 2. The van der Waals surface area contributed by atoms with Gasteiger partial charge in [0.1, 0.15) is 12.0 Å². The second kappa shape index (κ2) is 8.87. The van der Waals surface area contributed by atoms with E-state index >= 15 is 0 Å². The summed E-state index contributed by atoms with van der Waals surface area (Å²) < 4.78 is 5.75. The molecule has 1 aliphatic carbocycles. The van der Waals surface area contributed by atoms with Crippen LogP contribution in [0, 0.1) is 0 Å². The van der Waals surface area contributed by atoms with Gasteiger partial charge in [-0.3, -0.25) is 9.59 Å². The number of carbonyl (C=O) groups excluding carboxylic acids is 2. The van der Waals surface area contributed by atoms with Gasteiger partial charge in [0, 0.05) is 5.56 Å². The molecule has 0 spiro atoms. The van der Waals surface area contributed by atoms with Crippen molar-refractivity contribution in [2.24, 2.45) is 0 Å². The summed E-state index contributed by atoms with van der Waals surface area (Å²) in [4.78, 5) is 22.0. The van der Waals surface area contributed by atoms with Crippen LogP contribution in [-0.2, 0) is 19.3 Å². The molecule has 0 unspecified atom stereocenters. The van der Waals surface area contributed by atoms with Crippen LogP contribution in [0.4, 0.5) is 0 Å². The zero-order valence-electron chi connectivity index (χ0n) is 16.4. The lowest BCUT2D eigenvalue weighted by Crippen LogP contribution is -2.05. The van der Waals surface area contributed by atoms with Crippen molar-refractivity contribution in [1.82, 2.24) is 0 Å². The maximum Gasteiger partial charge on any atom is 0.153 e. The minimum Gasteiger partial charge on any atom is -0.493 e. The molecule has 0 aliphatic heterocycles. The molecule has 4 rings (SSSR count). The molecule has 0 saturated carbocycles. The number of benzene rings is 3. The quantitative estimate of drug-likeness (QED) is 0.382. The summed E-state index contributed by atoms with van der Waals surface area (Å²) in [5.74, 6) is 0.540. The first-order chi connectivity index (χ1) is 14.3. The van der Waals surface area contributed by atoms with E-state index in [1.54, 1.807) is 18.2 Å². The monoisotopic (exact) mass is 384 g/mol. The summed E-state index contributed by atoms with van der Waals surface area (Å²) in [5, 5.41) is 0. The predicted molar refractivity (Wildman–Crippen MR) is 115 cm³/mol. The lowest BCUT2D eigenvalue weighted by Gasteiger charge is -2.20. The Morgan fingerprint density at radius 1 is 0.793 bits per heavy atom. The van der Waals surface area contributed by atoms with Gasteiger partial charge in [0.2, 0.25) is 0 Å². The van der Waals surface area contributed by atoms with Gasteiger partial charge in [0.15, 0.2) is 6.29 Å². The van der Waals surface area contributed by atoms with E-state index in [1.807, 2.05) is 0 Å². The summed E-state index contributed by atoms with van der Waals surface area (Å²) in [7, 11) is 0. The van der Waals surface area contributed by atoms with Crippen molar-refractivity contribution in [2.75, 3.05) is 6.61 Å². The van der Waals surface area contributed by atoms with Crippen molar-refractivity contribution in [2.45, 2.75) is 32.1 Å². The smallest absolute Gasteiger partial charge is 0.153 e. The van der Waals surface area contributed by atoms with Gasteiger partial charge < -0.3 is 4.74 Å². The number of rotatable bonds is 8.